The number of piperidine rings is 1. The van der Waals surface area contributed by atoms with Crippen LogP contribution in [0.25, 0.3) is 11.7 Å². The van der Waals surface area contributed by atoms with Crippen molar-refractivity contribution < 1.29 is 26.8 Å². The van der Waals surface area contributed by atoms with E-state index >= 15 is 0 Å². The number of hydrogen-bond donors (Lipinski definition) is 2. The highest BCUT2D eigenvalue weighted by atomic mass is 32.2. The lowest BCUT2D eigenvalue weighted by Gasteiger charge is -2.31. The summed E-state index contributed by atoms with van der Waals surface area (Å²) < 4.78 is 39.6. The number of furan rings is 1. The Labute approximate surface area is 189 Å². The third-order valence-electron chi connectivity index (χ3n) is 5.36. The van der Waals surface area contributed by atoms with Gasteiger partial charge in [0.2, 0.25) is 27.5 Å². The molecule has 0 unspecified atom stereocenters. The molecule has 1 fully saturated rings. The van der Waals surface area contributed by atoms with Crippen LogP contribution in [0.1, 0.15) is 18.5 Å². The predicted molar refractivity (Wildman–Crippen MR) is 117 cm³/mol. The van der Waals surface area contributed by atoms with Crippen LogP contribution in [0.5, 0.6) is 5.75 Å². The van der Waals surface area contributed by atoms with E-state index in [2.05, 4.69) is 10.3 Å². The second-order valence-corrected chi connectivity index (χ2v) is 8.98. The van der Waals surface area contributed by atoms with E-state index in [1.54, 1.807) is 12.1 Å². The fourth-order valence-electron chi connectivity index (χ4n) is 3.65. The van der Waals surface area contributed by atoms with Crippen LogP contribution in [-0.2, 0) is 14.8 Å². The molecule has 12 heteroatoms. The fourth-order valence-corrected chi connectivity index (χ4v) is 4.19. The van der Waals surface area contributed by atoms with E-state index in [9.17, 15) is 18.5 Å². The van der Waals surface area contributed by atoms with E-state index in [0.717, 1.165) is 0 Å². The third-order valence-corrected chi connectivity index (χ3v) is 6.27. The Kier molecular flexibility index (Phi) is 6.08. The summed E-state index contributed by atoms with van der Waals surface area (Å²) in [6.07, 6.45) is 2.47. The minimum Gasteiger partial charge on any atom is -0.495 e. The summed E-state index contributed by atoms with van der Waals surface area (Å²) in [7, 11) is -2.51. The molecular formula is C21H21N5O6S. The maximum atomic E-state index is 12.9. The van der Waals surface area contributed by atoms with E-state index in [1.165, 1.54) is 31.6 Å². The number of anilines is 2. The van der Waals surface area contributed by atoms with E-state index in [4.69, 9.17) is 18.7 Å². The first-order valence-corrected chi connectivity index (χ1v) is 11.6. The Morgan fingerprint density at radius 3 is 2.70 bits per heavy atom. The minimum atomic E-state index is -3.93. The molecule has 0 radical (unpaired) electrons. The van der Waals surface area contributed by atoms with Crippen LogP contribution in [0.15, 0.2) is 50.3 Å². The maximum absolute atomic E-state index is 12.9. The van der Waals surface area contributed by atoms with Crippen LogP contribution < -0.4 is 20.1 Å². The highest BCUT2D eigenvalue weighted by Crippen LogP contribution is 2.32. The maximum Gasteiger partial charge on any atom is 0.266 e. The zero-order chi connectivity index (χ0) is 23.6. The molecule has 1 saturated heterocycles. The molecule has 33 heavy (non-hydrogen) atoms. The Bertz CT molecular complexity index is 1300. The molecule has 3 N–H and O–H groups in total. The number of amides is 1. The number of methoxy groups -OCH3 is 1. The van der Waals surface area contributed by atoms with Crippen LogP contribution >= 0.6 is 0 Å². The molecule has 0 spiro atoms. The van der Waals surface area contributed by atoms with E-state index in [0.29, 0.717) is 43.3 Å². The van der Waals surface area contributed by atoms with Crippen molar-refractivity contribution in [3.63, 3.8) is 0 Å². The number of nitrogens with one attached hydrogen (secondary N) is 1. The van der Waals surface area contributed by atoms with Gasteiger partial charge in [-0.05, 0) is 43.2 Å². The summed E-state index contributed by atoms with van der Waals surface area (Å²) in [6, 6.07) is 9.43. The molecule has 172 valence electrons. The largest absolute Gasteiger partial charge is 0.495 e. The van der Waals surface area contributed by atoms with Crippen molar-refractivity contribution >= 4 is 27.5 Å². The summed E-state index contributed by atoms with van der Waals surface area (Å²) >= 11 is 0. The number of ether oxygens (including phenoxy) is 1. The minimum absolute atomic E-state index is 0.130. The van der Waals surface area contributed by atoms with Gasteiger partial charge in [0.25, 0.3) is 5.89 Å². The SMILES string of the molecule is COc1ccc(S(N)(=O)=O)cc1NC(=O)C1CCN(c2oc(-c3ccco3)nc2C#N)CC1. The molecule has 1 aliphatic heterocycles. The molecule has 11 nitrogen and oxygen atoms in total. The van der Waals surface area contributed by atoms with Crippen LogP contribution in [-0.4, -0.2) is 39.5 Å². The standard InChI is InChI=1S/C21H21N5O6S/c1-30-17-5-4-14(33(23,28)29)11-15(17)24-19(27)13-6-8-26(9-7-13)21-16(12-22)25-20(32-21)18-3-2-10-31-18/h2-5,10-11,13H,6-9H2,1H3,(H,24,27)(H2,23,28,29). The monoisotopic (exact) mass is 471 g/mol. The molecule has 0 aliphatic carbocycles. The first-order chi connectivity index (χ1) is 15.8. The second kappa shape index (κ2) is 8.97. The molecule has 1 aliphatic rings. The smallest absolute Gasteiger partial charge is 0.266 e. The number of carbonyl (C=O) groups excluding carboxylic acids is 1. The van der Waals surface area contributed by atoms with Gasteiger partial charge in [-0.15, -0.1) is 0 Å². The van der Waals surface area contributed by atoms with Gasteiger partial charge in [0, 0.05) is 19.0 Å². The normalized spacial score (nSPS) is 14.6. The number of sulfonamides is 1. The van der Waals surface area contributed by atoms with Crippen molar-refractivity contribution in [3.05, 3.63) is 42.3 Å². The number of hydrogen-bond acceptors (Lipinski definition) is 9. The van der Waals surface area contributed by atoms with Gasteiger partial charge >= 0.3 is 0 Å². The summed E-state index contributed by atoms with van der Waals surface area (Å²) in [5, 5.41) is 17.4. The van der Waals surface area contributed by atoms with Gasteiger partial charge in [-0.2, -0.15) is 10.2 Å². The van der Waals surface area contributed by atoms with E-state index in [1.807, 2.05) is 11.0 Å². The number of oxazole rings is 1. The van der Waals surface area contributed by atoms with Crippen molar-refractivity contribution in [2.75, 3.05) is 30.4 Å². The van der Waals surface area contributed by atoms with Crippen LogP contribution in [0.4, 0.5) is 11.6 Å². The molecule has 1 aromatic carbocycles. The topological polar surface area (TPSA) is 165 Å². The lowest BCUT2D eigenvalue weighted by molar-refractivity contribution is -0.120. The zero-order valence-electron chi connectivity index (χ0n) is 17.6. The average Bonchev–Trinajstić information content (AvgIpc) is 3.48. The van der Waals surface area contributed by atoms with Crippen molar-refractivity contribution in [3.8, 4) is 23.5 Å². The Balaban J connectivity index is 1.45. The average molecular weight is 471 g/mol. The number of rotatable bonds is 6. The fraction of sp³-hybridized carbons (Fsp3) is 0.286. The van der Waals surface area contributed by atoms with Gasteiger partial charge < -0.3 is 23.8 Å². The lowest BCUT2D eigenvalue weighted by Crippen LogP contribution is -2.38. The number of primary sulfonamides is 1. The molecular weight excluding hydrogens is 450 g/mol. The zero-order valence-corrected chi connectivity index (χ0v) is 18.5. The number of carbonyl (C=O) groups is 1. The van der Waals surface area contributed by atoms with Crippen LogP contribution in [0, 0.1) is 17.2 Å². The van der Waals surface area contributed by atoms with Gasteiger partial charge in [-0.25, -0.2) is 13.6 Å². The van der Waals surface area contributed by atoms with E-state index in [-0.39, 0.29) is 34.0 Å². The molecule has 3 heterocycles. The molecule has 0 bridgehead atoms. The second-order valence-electron chi connectivity index (χ2n) is 7.42. The summed E-state index contributed by atoms with van der Waals surface area (Å²) in [5.41, 5.74) is 0.371. The van der Waals surface area contributed by atoms with Crippen molar-refractivity contribution in [1.82, 2.24) is 4.98 Å². The summed E-state index contributed by atoms with van der Waals surface area (Å²) in [4.78, 5) is 18.8. The quantitative estimate of drug-likeness (QED) is 0.548. The lowest BCUT2D eigenvalue weighted by atomic mass is 9.95. The van der Waals surface area contributed by atoms with Gasteiger partial charge in [0.05, 0.1) is 24.0 Å². The number of nitrogens with two attached hydrogens (primary N) is 1. The van der Waals surface area contributed by atoms with Crippen molar-refractivity contribution in [1.29, 1.82) is 5.26 Å². The van der Waals surface area contributed by atoms with Crippen molar-refractivity contribution in [2.24, 2.45) is 11.1 Å². The summed E-state index contributed by atoms with van der Waals surface area (Å²) in [5.74, 6) is 0.691. The Morgan fingerprint density at radius 2 is 2.09 bits per heavy atom. The molecule has 2 aromatic heterocycles. The molecule has 1 amide bonds. The van der Waals surface area contributed by atoms with Gasteiger partial charge in [-0.3, -0.25) is 4.79 Å². The van der Waals surface area contributed by atoms with Gasteiger partial charge in [0.1, 0.15) is 11.8 Å². The molecule has 0 saturated carbocycles. The third kappa shape index (κ3) is 4.69. The number of nitriles is 1. The van der Waals surface area contributed by atoms with Crippen molar-refractivity contribution in [2.45, 2.75) is 17.7 Å². The van der Waals surface area contributed by atoms with Gasteiger partial charge in [-0.1, -0.05) is 0 Å². The van der Waals surface area contributed by atoms with Gasteiger partial charge in [0.15, 0.2) is 5.76 Å². The van der Waals surface area contributed by atoms with Crippen LogP contribution in [0.2, 0.25) is 0 Å². The predicted octanol–water partition coefficient (Wildman–Crippen LogP) is 2.32. The summed E-state index contributed by atoms with van der Waals surface area (Å²) in [6.45, 7) is 0.932. The highest BCUT2D eigenvalue weighted by Gasteiger charge is 2.30. The molecule has 0 atom stereocenters. The Hall–Kier alpha value is -3.82. The highest BCUT2D eigenvalue weighted by molar-refractivity contribution is 7.89. The number of benzene rings is 1. The first kappa shape index (κ1) is 22.4. The molecule has 4 rings (SSSR count). The van der Waals surface area contributed by atoms with Crippen LogP contribution in [0.3, 0.4) is 0 Å². The first-order valence-electron chi connectivity index (χ1n) is 10.0. The molecule has 3 aromatic rings. The number of aromatic nitrogens is 1. The number of nitrogens with zero attached hydrogens (tertiary/aromatic N) is 3. The van der Waals surface area contributed by atoms with E-state index < -0.39 is 10.0 Å². The Morgan fingerprint density at radius 1 is 1.33 bits per heavy atom.